The van der Waals surface area contributed by atoms with Gasteiger partial charge in [-0.25, -0.2) is 4.79 Å². The van der Waals surface area contributed by atoms with Gasteiger partial charge in [0.05, 0.1) is 6.10 Å². The van der Waals surface area contributed by atoms with Gasteiger partial charge in [-0.15, -0.1) is 11.6 Å². The average molecular weight is 243 g/mol. The Bertz CT molecular complexity index is 333. The van der Waals surface area contributed by atoms with Crippen LogP contribution in [-0.2, 0) is 22.0 Å². The van der Waals surface area contributed by atoms with Crippen molar-refractivity contribution in [3.05, 3.63) is 35.4 Å². The highest BCUT2D eigenvalue weighted by Gasteiger charge is 2.06. The number of hydrogen-bond acceptors (Lipinski definition) is 3. The highest BCUT2D eigenvalue weighted by atomic mass is 35.5. The van der Waals surface area contributed by atoms with Crippen LogP contribution in [0.1, 0.15) is 25.0 Å². The molecule has 0 radical (unpaired) electrons. The lowest BCUT2D eigenvalue weighted by Crippen LogP contribution is -2.12. The second-order valence-electron chi connectivity index (χ2n) is 3.66. The van der Waals surface area contributed by atoms with Crippen LogP contribution in [0.2, 0.25) is 0 Å². The number of halogens is 1. The van der Waals surface area contributed by atoms with Crippen LogP contribution in [0.5, 0.6) is 0 Å². The number of ether oxygens (including phenoxy) is 2. The lowest BCUT2D eigenvalue weighted by atomic mass is 10.2. The summed E-state index contributed by atoms with van der Waals surface area (Å²) in [4.78, 5) is 11.1. The van der Waals surface area contributed by atoms with E-state index in [4.69, 9.17) is 21.1 Å². The lowest BCUT2D eigenvalue weighted by Gasteiger charge is -2.08. The first kappa shape index (κ1) is 12.8. The molecule has 0 aromatic heterocycles. The van der Waals surface area contributed by atoms with E-state index in [1.165, 1.54) is 0 Å². The maximum atomic E-state index is 11.1. The molecule has 4 heteroatoms. The second kappa shape index (κ2) is 6.38. The molecule has 0 bridgehead atoms. The van der Waals surface area contributed by atoms with Gasteiger partial charge in [0.25, 0.3) is 0 Å². The van der Waals surface area contributed by atoms with Crippen molar-refractivity contribution in [3.8, 4) is 0 Å². The molecule has 3 nitrogen and oxygen atoms in total. The summed E-state index contributed by atoms with van der Waals surface area (Å²) >= 11 is 5.66. The Morgan fingerprint density at radius 3 is 2.31 bits per heavy atom. The van der Waals surface area contributed by atoms with Crippen LogP contribution < -0.4 is 0 Å². The molecule has 0 unspecified atom stereocenters. The molecule has 0 saturated heterocycles. The molecule has 88 valence electrons. The molecule has 0 aliphatic carbocycles. The van der Waals surface area contributed by atoms with Gasteiger partial charge in [-0.3, -0.25) is 0 Å². The molecule has 1 aromatic carbocycles. The van der Waals surface area contributed by atoms with Gasteiger partial charge in [0, 0.05) is 5.88 Å². The van der Waals surface area contributed by atoms with Crippen molar-refractivity contribution in [1.82, 2.24) is 0 Å². The molecule has 16 heavy (non-hydrogen) atoms. The third-order valence-corrected chi connectivity index (χ3v) is 2.17. The molecule has 0 atom stereocenters. The monoisotopic (exact) mass is 242 g/mol. The van der Waals surface area contributed by atoms with E-state index in [9.17, 15) is 4.79 Å². The Morgan fingerprint density at radius 1 is 1.25 bits per heavy atom. The molecular weight excluding hydrogens is 228 g/mol. The molecule has 0 heterocycles. The van der Waals surface area contributed by atoms with Gasteiger partial charge in [-0.2, -0.15) is 0 Å². The van der Waals surface area contributed by atoms with Gasteiger partial charge in [0.2, 0.25) is 0 Å². The summed E-state index contributed by atoms with van der Waals surface area (Å²) in [6, 6.07) is 7.56. The third kappa shape index (κ3) is 4.53. The van der Waals surface area contributed by atoms with E-state index in [2.05, 4.69) is 0 Å². The van der Waals surface area contributed by atoms with Crippen molar-refractivity contribution >= 4 is 17.8 Å². The van der Waals surface area contributed by atoms with E-state index in [-0.39, 0.29) is 12.7 Å². The standard InChI is InChI=1S/C12H15ClO3/c1-9(2)16-12(14)15-8-11-5-3-10(7-13)4-6-11/h3-6,9H,7-8H2,1-2H3. The topological polar surface area (TPSA) is 35.5 Å². The Labute approximate surface area is 100 Å². The first-order valence-corrected chi connectivity index (χ1v) is 5.62. The van der Waals surface area contributed by atoms with Crippen LogP contribution in [0.3, 0.4) is 0 Å². The van der Waals surface area contributed by atoms with Crippen molar-refractivity contribution in [2.75, 3.05) is 0 Å². The predicted octanol–water partition coefficient (Wildman–Crippen LogP) is 3.49. The molecule has 0 saturated carbocycles. The quantitative estimate of drug-likeness (QED) is 0.599. The molecule has 0 amide bonds. The Morgan fingerprint density at radius 2 is 1.81 bits per heavy atom. The third-order valence-electron chi connectivity index (χ3n) is 1.87. The minimum atomic E-state index is -0.642. The summed E-state index contributed by atoms with van der Waals surface area (Å²) in [6.07, 6.45) is -0.803. The van der Waals surface area contributed by atoms with E-state index >= 15 is 0 Å². The highest BCUT2D eigenvalue weighted by molar-refractivity contribution is 6.17. The summed E-state index contributed by atoms with van der Waals surface area (Å²) in [5, 5.41) is 0. The van der Waals surface area contributed by atoms with Crippen LogP contribution >= 0.6 is 11.6 Å². The Kier molecular flexibility index (Phi) is 5.12. The minimum Gasteiger partial charge on any atom is -0.432 e. The largest absolute Gasteiger partial charge is 0.508 e. The number of carbonyl (C=O) groups is 1. The number of carbonyl (C=O) groups excluding carboxylic acids is 1. The van der Waals surface area contributed by atoms with Gasteiger partial charge in [0.15, 0.2) is 0 Å². The zero-order valence-electron chi connectivity index (χ0n) is 9.40. The predicted molar refractivity (Wildman–Crippen MR) is 62.4 cm³/mol. The van der Waals surface area contributed by atoms with E-state index in [1.807, 2.05) is 24.3 Å². The van der Waals surface area contributed by atoms with E-state index in [0.717, 1.165) is 11.1 Å². The average Bonchev–Trinajstić information content (AvgIpc) is 2.26. The van der Waals surface area contributed by atoms with E-state index < -0.39 is 6.16 Å². The number of hydrogen-bond donors (Lipinski definition) is 0. The van der Waals surface area contributed by atoms with Gasteiger partial charge in [0.1, 0.15) is 6.61 Å². The van der Waals surface area contributed by atoms with E-state index in [1.54, 1.807) is 13.8 Å². The second-order valence-corrected chi connectivity index (χ2v) is 3.92. The fourth-order valence-electron chi connectivity index (χ4n) is 1.09. The summed E-state index contributed by atoms with van der Waals surface area (Å²) in [7, 11) is 0. The summed E-state index contributed by atoms with van der Waals surface area (Å²) in [5.41, 5.74) is 1.95. The van der Waals surface area contributed by atoms with Crippen LogP contribution in [0.25, 0.3) is 0 Å². The molecular formula is C12H15ClO3. The molecule has 0 aliphatic rings. The summed E-state index contributed by atoms with van der Waals surface area (Å²) in [6.45, 7) is 3.77. The maximum Gasteiger partial charge on any atom is 0.508 e. The first-order valence-electron chi connectivity index (χ1n) is 5.09. The maximum absolute atomic E-state index is 11.1. The molecule has 1 rings (SSSR count). The molecule has 0 aliphatic heterocycles. The molecule has 0 fully saturated rings. The van der Waals surface area contributed by atoms with E-state index in [0.29, 0.717) is 5.88 Å². The van der Waals surface area contributed by atoms with Crippen molar-refractivity contribution in [3.63, 3.8) is 0 Å². The van der Waals surface area contributed by atoms with Gasteiger partial charge >= 0.3 is 6.16 Å². The zero-order valence-corrected chi connectivity index (χ0v) is 10.2. The highest BCUT2D eigenvalue weighted by Crippen LogP contribution is 2.08. The molecule has 1 aromatic rings. The van der Waals surface area contributed by atoms with Gasteiger partial charge in [-0.1, -0.05) is 24.3 Å². The van der Waals surface area contributed by atoms with Crippen molar-refractivity contribution in [2.45, 2.75) is 32.4 Å². The van der Waals surface area contributed by atoms with Gasteiger partial charge < -0.3 is 9.47 Å². The van der Waals surface area contributed by atoms with Crippen molar-refractivity contribution in [1.29, 1.82) is 0 Å². The fourth-order valence-corrected chi connectivity index (χ4v) is 1.27. The van der Waals surface area contributed by atoms with Crippen LogP contribution in [0.15, 0.2) is 24.3 Å². The van der Waals surface area contributed by atoms with Crippen LogP contribution in [0.4, 0.5) is 4.79 Å². The number of alkyl halides is 1. The molecule has 0 spiro atoms. The van der Waals surface area contributed by atoms with Crippen LogP contribution in [-0.4, -0.2) is 12.3 Å². The van der Waals surface area contributed by atoms with Crippen LogP contribution in [0, 0.1) is 0 Å². The Balaban J connectivity index is 2.39. The normalized spacial score (nSPS) is 10.2. The number of benzene rings is 1. The number of rotatable bonds is 4. The Hall–Kier alpha value is -1.22. The first-order chi connectivity index (χ1) is 7.61. The van der Waals surface area contributed by atoms with Crippen molar-refractivity contribution < 1.29 is 14.3 Å². The lowest BCUT2D eigenvalue weighted by molar-refractivity contribution is 0.0298. The summed E-state index contributed by atoms with van der Waals surface area (Å²) < 4.78 is 9.75. The summed E-state index contributed by atoms with van der Waals surface area (Å²) in [5.74, 6) is 0.483. The minimum absolute atomic E-state index is 0.161. The SMILES string of the molecule is CC(C)OC(=O)OCc1ccc(CCl)cc1. The zero-order chi connectivity index (χ0) is 12.0. The molecule has 0 N–H and O–H groups in total. The smallest absolute Gasteiger partial charge is 0.432 e. The van der Waals surface area contributed by atoms with Gasteiger partial charge in [-0.05, 0) is 25.0 Å². The van der Waals surface area contributed by atoms with Crippen molar-refractivity contribution in [2.24, 2.45) is 0 Å². The fraction of sp³-hybridized carbons (Fsp3) is 0.417.